The van der Waals surface area contributed by atoms with Gasteiger partial charge in [-0.25, -0.2) is 15.0 Å². The molecular formula is C50H31N3. The molecule has 0 bridgehead atoms. The topological polar surface area (TPSA) is 38.7 Å². The van der Waals surface area contributed by atoms with Crippen molar-refractivity contribution in [1.29, 1.82) is 0 Å². The number of nitrogens with zero attached hydrogens (tertiary/aromatic N) is 3. The highest BCUT2D eigenvalue weighted by Gasteiger charge is 2.53. The van der Waals surface area contributed by atoms with Crippen molar-refractivity contribution >= 4 is 10.8 Å². The highest BCUT2D eigenvalue weighted by molar-refractivity contribution is 6.06. The second-order valence-electron chi connectivity index (χ2n) is 13.9. The Hall–Kier alpha value is -6.97. The van der Waals surface area contributed by atoms with Gasteiger partial charge >= 0.3 is 0 Å². The molecule has 3 nitrogen and oxygen atoms in total. The Bertz CT molecular complexity index is 2790. The summed E-state index contributed by atoms with van der Waals surface area (Å²) in [6.45, 7) is 0. The van der Waals surface area contributed by atoms with E-state index in [4.69, 9.17) is 15.0 Å². The normalized spacial score (nSPS) is 13.1. The van der Waals surface area contributed by atoms with Crippen LogP contribution in [0.15, 0.2) is 188 Å². The van der Waals surface area contributed by atoms with Gasteiger partial charge in [0.2, 0.25) is 0 Å². The Morgan fingerprint density at radius 2 is 0.792 bits per heavy atom. The minimum atomic E-state index is -0.467. The molecule has 2 aliphatic carbocycles. The summed E-state index contributed by atoms with van der Waals surface area (Å²) >= 11 is 0. The van der Waals surface area contributed by atoms with Gasteiger partial charge in [-0.2, -0.15) is 0 Å². The minimum absolute atomic E-state index is 0.467. The van der Waals surface area contributed by atoms with Crippen molar-refractivity contribution < 1.29 is 0 Å². The first-order valence-electron chi connectivity index (χ1n) is 18.1. The third-order valence-corrected chi connectivity index (χ3v) is 11.1. The van der Waals surface area contributed by atoms with Gasteiger partial charge in [0, 0.05) is 38.8 Å². The summed E-state index contributed by atoms with van der Waals surface area (Å²) in [7, 11) is 0. The second-order valence-corrected chi connectivity index (χ2v) is 13.9. The summed E-state index contributed by atoms with van der Waals surface area (Å²) in [5, 5.41) is 2.34. The predicted octanol–water partition coefficient (Wildman–Crippen LogP) is 12.0. The van der Waals surface area contributed by atoms with Gasteiger partial charge in [0.05, 0.1) is 28.2 Å². The molecule has 11 rings (SSSR count). The van der Waals surface area contributed by atoms with Crippen LogP contribution in [0.3, 0.4) is 0 Å². The van der Waals surface area contributed by atoms with E-state index >= 15 is 0 Å². The lowest BCUT2D eigenvalue weighted by molar-refractivity contribution is 0.799. The molecule has 0 saturated carbocycles. The van der Waals surface area contributed by atoms with Crippen molar-refractivity contribution in [2.24, 2.45) is 0 Å². The standard InChI is InChI=1S/C50H31N3/c1-3-16-32(17-4-1)44-31-45(33-18-5-2-6-19-33)52-49(51-44)35-21-15-20-34(30-35)47-39-25-8-7-24-38(39)46-48(53-47)40-26-11-14-29-43(40)50(46)41-27-12-9-22-36(41)37-23-10-13-28-42(37)50/h1-31H. The molecule has 7 aromatic carbocycles. The molecule has 2 heterocycles. The molecule has 2 aromatic heterocycles. The molecule has 9 aromatic rings. The zero-order chi connectivity index (χ0) is 34.9. The Balaban J connectivity index is 1.15. The third kappa shape index (κ3) is 4.31. The molecule has 0 aliphatic heterocycles. The average molecular weight is 674 g/mol. The van der Waals surface area contributed by atoms with E-state index < -0.39 is 5.41 Å². The van der Waals surface area contributed by atoms with E-state index in [9.17, 15) is 0 Å². The Morgan fingerprint density at radius 3 is 1.42 bits per heavy atom. The first kappa shape index (κ1) is 29.7. The van der Waals surface area contributed by atoms with Crippen molar-refractivity contribution in [3.05, 3.63) is 210 Å². The van der Waals surface area contributed by atoms with Crippen molar-refractivity contribution in [2.75, 3.05) is 0 Å². The van der Waals surface area contributed by atoms with Gasteiger partial charge in [0.15, 0.2) is 5.82 Å². The Labute approximate surface area is 308 Å². The molecule has 1 spiro atoms. The summed E-state index contributed by atoms with van der Waals surface area (Å²) < 4.78 is 0. The van der Waals surface area contributed by atoms with Gasteiger partial charge in [-0.3, -0.25) is 0 Å². The molecule has 246 valence electrons. The minimum Gasteiger partial charge on any atom is -0.247 e. The first-order valence-corrected chi connectivity index (χ1v) is 18.1. The SMILES string of the molecule is c1ccc(-c2cc(-c3ccccc3)nc(-c3cccc(-c4nc5c(c6ccccc46)C4(c6ccccc6-c6ccccc64)c4ccccc4-5)c3)n2)cc1. The predicted molar refractivity (Wildman–Crippen MR) is 215 cm³/mol. The van der Waals surface area contributed by atoms with Crippen LogP contribution in [-0.4, -0.2) is 15.0 Å². The quantitative estimate of drug-likeness (QED) is 0.187. The number of rotatable bonds is 4. The van der Waals surface area contributed by atoms with Gasteiger partial charge in [0.25, 0.3) is 0 Å². The molecule has 0 radical (unpaired) electrons. The van der Waals surface area contributed by atoms with Crippen LogP contribution in [0.2, 0.25) is 0 Å². The summed E-state index contributed by atoms with van der Waals surface area (Å²) in [5.41, 5.74) is 16.3. The molecule has 0 fully saturated rings. The average Bonchev–Trinajstić information content (AvgIpc) is 3.71. The molecule has 2 aliphatic rings. The fourth-order valence-corrected chi connectivity index (χ4v) is 8.90. The van der Waals surface area contributed by atoms with Gasteiger partial charge in [-0.1, -0.05) is 176 Å². The number of fused-ring (bicyclic) bond motifs is 12. The number of aromatic nitrogens is 3. The van der Waals surface area contributed by atoms with Crippen LogP contribution in [0.1, 0.15) is 22.3 Å². The first-order chi connectivity index (χ1) is 26.3. The van der Waals surface area contributed by atoms with Crippen LogP contribution in [-0.2, 0) is 5.41 Å². The maximum Gasteiger partial charge on any atom is 0.160 e. The highest BCUT2D eigenvalue weighted by Crippen LogP contribution is 2.64. The van der Waals surface area contributed by atoms with Crippen LogP contribution in [0.5, 0.6) is 0 Å². The monoisotopic (exact) mass is 673 g/mol. The fourth-order valence-electron chi connectivity index (χ4n) is 8.90. The van der Waals surface area contributed by atoms with Crippen molar-refractivity contribution in [1.82, 2.24) is 15.0 Å². The molecule has 0 unspecified atom stereocenters. The summed E-state index contributed by atoms with van der Waals surface area (Å²) in [6.07, 6.45) is 0. The van der Waals surface area contributed by atoms with Gasteiger partial charge in [0.1, 0.15) is 0 Å². The lowest BCUT2D eigenvalue weighted by Crippen LogP contribution is -2.26. The van der Waals surface area contributed by atoms with Gasteiger partial charge in [-0.05, 0) is 45.3 Å². The van der Waals surface area contributed by atoms with Crippen LogP contribution in [0, 0.1) is 0 Å². The van der Waals surface area contributed by atoms with Crippen LogP contribution >= 0.6 is 0 Å². The fraction of sp³-hybridized carbons (Fsp3) is 0.0200. The molecule has 0 saturated heterocycles. The van der Waals surface area contributed by atoms with Crippen molar-refractivity contribution in [3.63, 3.8) is 0 Å². The zero-order valence-electron chi connectivity index (χ0n) is 28.7. The molecule has 3 heteroatoms. The van der Waals surface area contributed by atoms with E-state index in [2.05, 4.69) is 176 Å². The number of pyridine rings is 1. The summed E-state index contributed by atoms with van der Waals surface area (Å²) in [6, 6.07) is 66.9. The molecule has 0 amide bonds. The van der Waals surface area contributed by atoms with Crippen LogP contribution < -0.4 is 0 Å². The van der Waals surface area contributed by atoms with E-state index in [-0.39, 0.29) is 0 Å². The smallest absolute Gasteiger partial charge is 0.160 e. The van der Waals surface area contributed by atoms with Crippen molar-refractivity contribution in [3.8, 4) is 67.5 Å². The largest absolute Gasteiger partial charge is 0.247 e. The Kier molecular flexibility index (Phi) is 6.47. The lowest BCUT2D eigenvalue weighted by Gasteiger charge is -2.31. The molecular weight excluding hydrogens is 643 g/mol. The lowest BCUT2D eigenvalue weighted by atomic mass is 9.69. The maximum atomic E-state index is 5.68. The zero-order valence-corrected chi connectivity index (χ0v) is 28.7. The van der Waals surface area contributed by atoms with E-state index in [1.165, 1.54) is 44.3 Å². The third-order valence-electron chi connectivity index (χ3n) is 11.1. The van der Waals surface area contributed by atoms with Crippen molar-refractivity contribution in [2.45, 2.75) is 5.41 Å². The molecule has 0 atom stereocenters. The summed E-state index contributed by atoms with van der Waals surface area (Å²) in [4.78, 5) is 16.0. The van der Waals surface area contributed by atoms with Crippen LogP contribution in [0.25, 0.3) is 78.3 Å². The number of benzene rings is 7. The highest BCUT2D eigenvalue weighted by atomic mass is 14.9. The second kappa shape index (κ2) is 11.5. The van der Waals surface area contributed by atoms with E-state index in [0.29, 0.717) is 5.82 Å². The van der Waals surface area contributed by atoms with Gasteiger partial charge < -0.3 is 0 Å². The summed E-state index contributed by atoms with van der Waals surface area (Å²) in [5.74, 6) is 0.681. The van der Waals surface area contributed by atoms with E-state index in [0.717, 1.165) is 50.4 Å². The van der Waals surface area contributed by atoms with E-state index in [1.807, 2.05) is 12.1 Å². The maximum absolute atomic E-state index is 5.68. The van der Waals surface area contributed by atoms with Gasteiger partial charge in [-0.15, -0.1) is 0 Å². The molecule has 53 heavy (non-hydrogen) atoms. The van der Waals surface area contributed by atoms with E-state index in [1.54, 1.807) is 0 Å². The number of hydrogen-bond donors (Lipinski definition) is 0. The Morgan fingerprint density at radius 1 is 0.321 bits per heavy atom. The van der Waals surface area contributed by atoms with Crippen LogP contribution in [0.4, 0.5) is 0 Å². The number of hydrogen-bond acceptors (Lipinski definition) is 3. The molecule has 0 N–H and O–H groups in total.